The summed E-state index contributed by atoms with van der Waals surface area (Å²) in [5, 5.41) is 2.89. The van der Waals surface area contributed by atoms with Crippen molar-refractivity contribution < 1.29 is 13.2 Å². The second kappa shape index (κ2) is 7.77. The normalized spacial score (nSPS) is 19.5. The van der Waals surface area contributed by atoms with Crippen molar-refractivity contribution in [1.82, 2.24) is 10.3 Å². The number of amides is 1. The maximum absolute atomic E-state index is 12.1. The van der Waals surface area contributed by atoms with E-state index in [4.69, 9.17) is 0 Å². The Hall–Kier alpha value is -1.63. The van der Waals surface area contributed by atoms with E-state index in [9.17, 15) is 13.2 Å². The molecular formula is C16H25N3O3S. The molecule has 2 rings (SSSR count). The fourth-order valence-corrected chi connectivity index (χ4v) is 4.49. The highest BCUT2D eigenvalue weighted by Crippen LogP contribution is 2.22. The number of aromatic nitrogens is 1. The number of nitrogens with one attached hydrogen (secondary N) is 1. The number of carbonyl (C=O) groups is 1. The largest absolute Gasteiger partial charge is 0.369 e. The Morgan fingerprint density at radius 2 is 2.17 bits per heavy atom. The highest BCUT2D eigenvalue weighted by molar-refractivity contribution is 7.91. The molecule has 23 heavy (non-hydrogen) atoms. The van der Waals surface area contributed by atoms with Crippen LogP contribution < -0.4 is 10.2 Å². The van der Waals surface area contributed by atoms with Crippen LogP contribution in [0.15, 0.2) is 18.5 Å². The lowest BCUT2D eigenvalue weighted by Crippen LogP contribution is -2.33. The van der Waals surface area contributed by atoms with Gasteiger partial charge in [0, 0.05) is 25.8 Å². The maximum Gasteiger partial charge on any atom is 0.252 e. The molecule has 1 amide bonds. The molecule has 7 heteroatoms. The molecule has 1 aliphatic heterocycles. The summed E-state index contributed by atoms with van der Waals surface area (Å²) >= 11 is 0. The Morgan fingerprint density at radius 3 is 2.83 bits per heavy atom. The van der Waals surface area contributed by atoms with Crippen LogP contribution in [0.2, 0.25) is 0 Å². The molecule has 0 aromatic carbocycles. The monoisotopic (exact) mass is 339 g/mol. The van der Waals surface area contributed by atoms with Crippen molar-refractivity contribution in [3.63, 3.8) is 0 Å². The van der Waals surface area contributed by atoms with E-state index in [-0.39, 0.29) is 23.5 Å². The number of anilines is 1. The lowest BCUT2D eigenvalue weighted by Gasteiger charge is -2.25. The second-order valence-electron chi connectivity index (χ2n) is 6.06. The number of unbranched alkanes of at least 4 members (excludes halogenated alkanes) is 2. The third kappa shape index (κ3) is 4.92. The average Bonchev–Trinajstić information content (AvgIpc) is 2.91. The van der Waals surface area contributed by atoms with Crippen LogP contribution in [0.25, 0.3) is 0 Å². The van der Waals surface area contributed by atoms with Crippen molar-refractivity contribution in [2.45, 2.75) is 38.6 Å². The minimum absolute atomic E-state index is 0.0512. The van der Waals surface area contributed by atoms with Crippen LogP contribution in [0.1, 0.15) is 43.0 Å². The minimum atomic E-state index is -2.93. The average molecular weight is 339 g/mol. The van der Waals surface area contributed by atoms with Crippen LogP contribution in [0, 0.1) is 0 Å². The predicted molar refractivity (Wildman–Crippen MR) is 91.6 cm³/mol. The number of rotatable bonds is 7. The van der Waals surface area contributed by atoms with E-state index in [0.717, 1.165) is 24.9 Å². The van der Waals surface area contributed by atoms with Crippen LogP contribution in [-0.2, 0) is 9.84 Å². The van der Waals surface area contributed by atoms with Gasteiger partial charge in [0.25, 0.3) is 5.91 Å². The summed E-state index contributed by atoms with van der Waals surface area (Å²) in [5.41, 5.74) is 1.28. The Morgan fingerprint density at radius 1 is 1.39 bits per heavy atom. The topological polar surface area (TPSA) is 79.4 Å². The number of sulfone groups is 1. The molecule has 0 aliphatic carbocycles. The molecule has 0 spiro atoms. The lowest BCUT2D eigenvalue weighted by atomic mass is 10.2. The van der Waals surface area contributed by atoms with Crippen LogP contribution in [0.4, 0.5) is 5.69 Å². The van der Waals surface area contributed by atoms with Gasteiger partial charge in [0.05, 0.1) is 29.0 Å². The van der Waals surface area contributed by atoms with E-state index in [0.29, 0.717) is 18.5 Å². The number of pyridine rings is 1. The summed E-state index contributed by atoms with van der Waals surface area (Å²) in [6, 6.07) is 1.72. The van der Waals surface area contributed by atoms with Gasteiger partial charge >= 0.3 is 0 Å². The number of nitrogens with zero attached hydrogens (tertiary/aromatic N) is 2. The molecule has 1 fully saturated rings. The van der Waals surface area contributed by atoms with Crippen molar-refractivity contribution in [3.05, 3.63) is 24.0 Å². The third-order valence-corrected chi connectivity index (χ3v) is 5.97. The quantitative estimate of drug-likeness (QED) is 0.764. The zero-order valence-corrected chi connectivity index (χ0v) is 14.6. The zero-order valence-electron chi connectivity index (χ0n) is 13.8. The van der Waals surface area contributed by atoms with E-state index >= 15 is 0 Å². The van der Waals surface area contributed by atoms with Gasteiger partial charge in [0.2, 0.25) is 0 Å². The Labute approximate surface area is 138 Å². The Balaban J connectivity index is 2.00. The Kier molecular flexibility index (Phi) is 5.98. The smallest absolute Gasteiger partial charge is 0.252 e. The number of carbonyl (C=O) groups excluding carboxylic acids is 1. The van der Waals surface area contributed by atoms with Gasteiger partial charge in [0.1, 0.15) is 0 Å². The number of hydrogen-bond acceptors (Lipinski definition) is 5. The van der Waals surface area contributed by atoms with E-state index < -0.39 is 9.84 Å². The van der Waals surface area contributed by atoms with E-state index in [1.165, 1.54) is 6.20 Å². The van der Waals surface area contributed by atoms with Gasteiger partial charge in [-0.1, -0.05) is 19.8 Å². The molecule has 1 atom stereocenters. The highest BCUT2D eigenvalue weighted by Gasteiger charge is 2.31. The van der Waals surface area contributed by atoms with E-state index in [1.54, 1.807) is 12.3 Å². The maximum atomic E-state index is 12.1. The van der Waals surface area contributed by atoms with Gasteiger partial charge in [0.15, 0.2) is 9.84 Å². The summed E-state index contributed by atoms with van der Waals surface area (Å²) in [5.74, 6) is 0.257. The van der Waals surface area contributed by atoms with Crippen molar-refractivity contribution in [2.75, 3.05) is 30.0 Å². The van der Waals surface area contributed by atoms with E-state index in [1.807, 2.05) is 11.9 Å². The van der Waals surface area contributed by atoms with Gasteiger partial charge in [-0.3, -0.25) is 9.78 Å². The van der Waals surface area contributed by atoms with Crippen LogP contribution in [0.5, 0.6) is 0 Å². The van der Waals surface area contributed by atoms with Gasteiger partial charge in [-0.25, -0.2) is 8.42 Å². The standard InChI is InChI=1S/C16H25N3O3S/c1-3-4-5-7-18-16(20)13-9-15(11-17-10-13)19(2)14-6-8-23(21,22)12-14/h9-11,14H,3-8,12H2,1-2H3,(H,18,20). The first-order valence-electron chi connectivity index (χ1n) is 8.09. The van der Waals surface area contributed by atoms with Crippen LogP contribution in [-0.4, -0.2) is 50.4 Å². The second-order valence-corrected chi connectivity index (χ2v) is 8.29. The fraction of sp³-hybridized carbons (Fsp3) is 0.625. The molecule has 6 nitrogen and oxygen atoms in total. The van der Waals surface area contributed by atoms with Crippen LogP contribution >= 0.6 is 0 Å². The molecule has 0 radical (unpaired) electrons. The summed E-state index contributed by atoms with van der Waals surface area (Å²) in [6.07, 6.45) is 7.00. The minimum Gasteiger partial charge on any atom is -0.369 e. The lowest BCUT2D eigenvalue weighted by molar-refractivity contribution is 0.0952. The first kappa shape index (κ1) is 17.7. The SMILES string of the molecule is CCCCCNC(=O)c1cncc(N(C)C2CCS(=O)(=O)C2)c1. The van der Waals surface area contributed by atoms with Gasteiger partial charge in [-0.05, 0) is 18.9 Å². The molecule has 1 saturated heterocycles. The molecule has 0 saturated carbocycles. The molecule has 1 aromatic heterocycles. The van der Waals surface area contributed by atoms with Gasteiger partial charge in [-0.15, -0.1) is 0 Å². The molecule has 0 bridgehead atoms. The molecule has 1 N–H and O–H groups in total. The zero-order chi connectivity index (χ0) is 16.9. The van der Waals surface area contributed by atoms with Crippen LogP contribution in [0.3, 0.4) is 0 Å². The first-order chi connectivity index (χ1) is 10.9. The molecule has 128 valence electrons. The molecular weight excluding hydrogens is 314 g/mol. The Bertz CT molecular complexity index is 646. The van der Waals surface area contributed by atoms with Gasteiger partial charge < -0.3 is 10.2 Å². The van der Waals surface area contributed by atoms with E-state index in [2.05, 4.69) is 17.2 Å². The first-order valence-corrected chi connectivity index (χ1v) is 9.91. The molecule has 1 unspecified atom stereocenters. The highest BCUT2D eigenvalue weighted by atomic mass is 32.2. The third-order valence-electron chi connectivity index (χ3n) is 4.22. The predicted octanol–water partition coefficient (Wildman–Crippen LogP) is 1.62. The molecule has 1 aromatic rings. The number of hydrogen-bond donors (Lipinski definition) is 1. The van der Waals surface area contributed by atoms with Crippen molar-refractivity contribution >= 4 is 21.4 Å². The molecule has 2 heterocycles. The summed E-state index contributed by atoms with van der Waals surface area (Å²) < 4.78 is 23.2. The summed E-state index contributed by atoms with van der Waals surface area (Å²) in [7, 11) is -1.08. The summed E-state index contributed by atoms with van der Waals surface area (Å²) in [6.45, 7) is 2.78. The van der Waals surface area contributed by atoms with Gasteiger partial charge in [-0.2, -0.15) is 0 Å². The van der Waals surface area contributed by atoms with Crippen molar-refractivity contribution in [3.8, 4) is 0 Å². The summed E-state index contributed by atoms with van der Waals surface area (Å²) in [4.78, 5) is 18.2. The fourth-order valence-electron chi connectivity index (χ4n) is 2.72. The molecule has 1 aliphatic rings. The van der Waals surface area contributed by atoms with Crippen molar-refractivity contribution in [1.29, 1.82) is 0 Å². The van der Waals surface area contributed by atoms with Crippen molar-refractivity contribution in [2.24, 2.45) is 0 Å².